The summed E-state index contributed by atoms with van der Waals surface area (Å²) in [6.07, 6.45) is 8.16. The molecule has 2 heterocycles. The number of benzene rings is 2. The Morgan fingerprint density at radius 3 is 2.62 bits per heavy atom. The Bertz CT molecular complexity index is 1210. The van der Waals surface area contributed by atoms with Crippen LogP contribution in [0.3, 0.4) is 0 Å². The van der Waals surface area contributed by atoms with Gasteiger partial charge in [0.2, 0.25) is 5.95 Å². The van der Waals surface area contributed by atoms with E-state index in [1.165, 1.54) is 44.1 Å². The average Bonchev–Trinajstić information content (AvgIpc) is 2.84. The van der Waals surface area contributed by atoms with E-state index in [2.05, 4.69) is 31.3 Å². The molecule has 1 aliphatic carbocycles. The van der Waals surface area contributed by atoms with Gasteiger partial charge in [-0.1, -0.05) is 49.1 Å². The fraction of sp³-hybridized carbons (Fsp3) is 0.250. The Morgan fingerprint density at radius 1 is 0.938 bits per heavy atom. The number of hydrogen-bond donors (Lipinski definition) is 2. The molecule has 0 radical (unpaired) electrons. The van der Waals surface area contributed by atoms with Crippen molar-refractivity contribution in [2.45, 2.75) is 43.0 Å². The molecule has 2 N–H and O–H groups in total. The van der Waals surface area contributed by atoms with Crippen LogP contribution >= 0.6 is 23.5 Å². The van der Waals surface area contributed by atoms with E-state index in [9.17, 15) is 0 Å². The van der Waals surface area contributed by atoms with Crippen LogP contribution in [0, 0.1) is 0 Å². The first-order valence-corrected chi connectivity index (χ1v) is 12.0. The molecule has 0 saturated heterocycles. The predicted octanol–water partition coefficient (Wildman–Crippen LogP) is 6.60. The van der Waals surface area contributed by atoms with Crippen LogP contribution in [0.25, 0.3) is 22.2 Å². The largest absolute Gasteiger partial charge is 0.351 e. The van der Waals surface area contributed by atoms with Gasteiger partial charge in [-0.25, -0.2) is 9.97 Å². The molecule has 2 aromatic heterocycles. The highest BCUT2D eigenvalue weighted by atomic mass is 35.5. The fourth-order valence-corrected chi connectivity index (χ4v) is 4.75. The average molecular weight is 463 g/mol. The second-order valence-electron chi connectivity index (χ2n) is 7.88. The topological polar surface area (TPSA) is 75.6 Å². The van der Waals surface area contributed by atoms with E-state index in [4.69, 9.17) is 16.6 Å². The first-order valence-electron chi connectivity index (χ1n) is 10.8. The quantitative estimate of drug-likeness (QED) is 0.312. The standard InChI is InChI=1S/C24H23ClN6S/c25-19-8-4-5-9-22(19)32-31-23-13-12-21(29-30-23)16-10-11-20-17(14-16)15-26-24(28-20)27-18-6-2-1-3-7-18/h4-5,8-15,18H,1-3,6-7H2,(H,30,31)(H,26,27,28). The van der Waals surface area contributed by atoms with Crippen molar-refractivity contribution in [1.29, 1.82) is 0 Å². The van der Waals surface area contributed by atoms with Gasteiger partial charge in [-0.2, -0.15) is 0 Å². The van der Waals surface area contributed by atoms with Gasteiger partial charge in [-0.05, 0) is 61.2 Å². The van der Waals surface area contributed by atoms with Gasteiger partial charge in [-0.3, -0.25) is 0 Å². The molecule has 162 valence electrons. The molecule has 0 spiro atoms. The second-order valence-corrected chi connectivity index (χ2v) is 9.14. The van der Waals surface area contributed by atoms with E-state index in [0.717, 1.165) is 27.1 Å². The number of nitrogens with one attached hydrogen (secondary N) is 2. The predicted molar refractivity (Wildman–Crippen MR) is 132 cm³/mol. The summed E-state index contributed by atoms with van der Waals surface area (Å²) in [5.41, 5.74) is 2.70. The van der Waals surface area contributed by atoms with E-state index in [0.29, 0.717) is 22.8 Å². The Labute approximate surface area is 196 Å². The van der Waals surface area contributed by atoms with Gasteiger partial charge in [0.15, 0.2) is 5.82 Å². The molecule has 0 unspecified atom stereocenters. The van der Waals surface area contributed by atoms with Crippen molar-refractivity contribution in [3.63, 3.8) is 0 Å². The monoisotopic (exact) mass is 462 g/mol. The van der Waals surface area contributed by atoms with Crippen LogP contribution in [0.2, 0.25) is 5.02 Å². The Balaban J connectivity index is 1.27. The summed E-state index contributed by atoms with van der Waals surface area (Å²) in [5.74, 6) is 1.38. The van der Waals surface area contributed by atoms with Gasteiger partial charge in [0.05, 0.1) is 16.2 Å². The summed E-state index contributed by atoms with van der Waals surface area (Å²) in [6, 6.07) is 18.1. The summed E-state index contributed by atoms with van der Waals surface area (Å²) in [4.78, 5) is 10.2. The molecular formula is C24H23ClN6S. The minimum absolute atomic E-state index is 0.485. The molecule has 2 aromatic carbocycles. The van der Waals surface area contributed by atoms with Crippen molar-refractivity contribution in [3.05, 3.63) is 65.8 Å². The van der Waals surface area contributed by atoms with Crippen LogP contribution in [0.5, 0.6) is 0 Å². The van der Waals surface area contributed by atoms with Crippen molar-refractivity contribution in [2.24, 2.45) is 0 Å². The van der Waals surface area contributed by atoms with E-state index in [1.807, 2.05) is 54.7 Å². The van der Waals surface area contributed by atoms with E-state index < -0.39 is 0 Å². The van der Waals surface area contributed by atoms with Gasteiger partial charge in [0.25, 0.3) is 0 Å². The number of rotatable bonds is 6. The lowest BCUT2D eigenvalue weighted by molar-refractivity contribution is 0.461. The second kappa shape index (κ2) is 9.71. The molecular weight excluding hydrogens is 440 g/mol. The molecule has 1 saturated carbocycles. The zero-order valence-corrected chi connectivity index (χ0v) is 19.0. The lowest BCUT2D eigenvalue weighted by Gasteiger charge is -2.22. The van der Waals surface area contributed by atoms with Crippen molar-refractivity contribution in [3.8, 4) is 11.3 Å². The first-order chi connectivity index (χ1) is 15.7. The maximum Gasteiger partial charge on any atom is 0.223 e. The molecule has 1 fully saturated rings. The number of nitrogens with zero attached hydrogens (tertiary/aromatic N) is 4. The maximum absolute atomic E-state index is 6.19. The van der Waals surface area contributed by atoms with Crippen molar-refractivity contribution < 1.29 is 0 Å². The minimum Gasteiger partial charge on any atom is -0.351 e. The maximum atomic E-state index is 6.19. The lowest BCUT2D eigenvalue weighted by Crippen LogP contribution is -2.23. The number of fused-ring (bicyclic) bond motifs is 1. The molecule has 0 amide bonds. The SMILES string of the molecule is Clc1ccccc1SNc1ccc(-c2ccc3nc(NC4CCCCC4)ncc3c2)nn1. The fourth-order valence-electron chi connectivity index (χ4n) is 3.87. The smallest absolute Gasteiger partial charge is 0.223 e. The van der Waals surface area contributed by atoms with Crippen molar-refractivity contribution in [2.75, 3.05) is 10.0 Å². The molecule has 5 rings (SSSR count). The van der Waals surface area contributed by atoms with Gasteiger partial charge < -0.3 is 10.0 Å². The van der Waals surface area contributed by atoms with E-state index >= 15 is 0 Å². The molecule has 8 heteroatoms. The van der Waals surface area contributed by atoms with Crippen LogP contribution in [0.4, 0.5) is 11.8 Å². The molecule has 6 nitrogen and oxygen atoms in total. The molecule has 4 aromatic rings. The number of aromatic nitrogens is 4. The number of anilines is 2. The molecule has 0 bridgehead atoms. The van der Waals surface area contributed by atoms with Crippen LogP contribution < -0.4 is 10.0 Å². The third kappa shape index (κ3) is 4.95. The Kier molecular flexibility index (Phi) is 6.36. The molecule has 0 aliphatic heterocycles. The van der Waals surface area contributed by atoms with Crippen LogP contribution in [-0.4, -0.2) is 26.2 Å². The highest BCUT2D eigenvalue weighted by Gasteiger charge is 2.14. The molecule has 32 heavy (non-hydrogen) atoms. The van der Waals surface area contributed by atoms with E-state index in [-0.39, 0.29) is 0 Å². The van der Waals surface area contributed by atoms with Crippen LogP contribution in [0.15, 0.2) is 65.7 Å². The van der Waals surface area contributed by atoms with Crippen molar-refractivity contribution >= 4 is 46.2 Å². The van der Waals surface area contributed by atoms with Gasteiger partial charge in [-0.15, -0.1) is 10.2 Å². The van der Waals surface area contributed by atoms with E-state index in [1.54, 1.807) is 0 Å². The van der Waals surface area contributed by atoms with Crippen LogP contribution in [-0.2, 0) is 0 Å². The summed E-state index contributed by atoms with van der Waals surface area (Å²) in [5, 5.41) is 13.8. The summed E-state index contributed by atoms with van der Waals surface area (Å²) in [7, 11) is 0. The third-order valence-electron chi connectivity index (χ3n) is 5.58. The third-order valence-corrected chi connectivity index (χ3v) is 6.91. The Hall–Kier alpha value is -2.90. The minimum atomic E-state index is 0.485. The summed E-state index contributed by atoms with van der Waals surface area (Å²) >= 11 is 7.60. The van der Waals surface area contributed by atoms with Crippen LogP contribution in [0.1, 0.15) is 32.1 Å². The number of halogens is 1. The van der Waals surface area contributed by atoms with Gasteiger partial charge in [0.1, 0.15) is 0 Å². The molecule has 0 atom stereocenters. The van der Waals surface area contributed by atoms with Gasteiger partial charge >= 0.3 is 0 Å². The normalized spacial score (nSPS) is 14.4. The van der Waals surface area contributed by atoms with Gasteiger partial charge in [0, 0.05) is 28.1 Å². The summed E-state index contributed by atoms with van der Waals surface area (Å²) < 4.78 is 3.18. The molecule has 1 aliphatic rings. The highest BCUT2D eigenvalue weighted by molar-refractivity contribution is 8.00. The zero-order valence-electron chi connectivity index (χ0n) is 17.5. The van der Waals surface area contributed by atoms with Crippen molar-refractivity contribution in [1.82, 2.24) is 20.2 Å². The highest BCUT2D eigenvalue weighted by Crippen LogP contribution is 2.28. The summed E-state index contributed by atoms with van der Waals surface area (Å²) in [6.45, 7) is 0. The lowest BCUT2D eigenvalue weighted by atomic mass is 9.96. The first kappa shape index (κ1) is 21.0. The number of hydrogen-bond acceptors (Lipinski definition) is 7. The Morgan fingerprint density at radius 2 is 1.81 bits per heavy atom. The zero-order chi connectivity index (χ0) is 21.8.